The van der Waals surface area contributed by atoms with Gasteiger partial charge in [0.25, 0.3) is 5.89 Å². The molecular weight excluding hydrogens is 380 g/mol. The van der Waals surface area contributed by atoms with Crippen molar-refractivity contribution in [1.29, 1.82) is 0 Å². The summed E-state index contributed by atoms with van der Waals surface area (Å²) in [7, 11) is 1.71. The van der Waals surface area contributed by atoms with E-state index < -0.39 is 0 Å². The molecule has 1 saturated heterocycles. The Labute approximate surface area is 177 Å². The van der Waals surface area contributed by atoms with Crippen LogP contribution in [0.25, 0.3) is 11.5 Å². The highest BCUT2D eigenvalue weighted by Gasteiger charge is 2.41. The fraction of sp³-hybridized carbons (Fsp3) is 0.565. The van der Waals surface area contributed by atoms with Crippen molar-refractivity contribution in [3.8, 4) is 11.5 Å². The summed E-state index contributed by atoms with van der Waals surface area (Å²) < 4.78 is 10.9. The van der Waals surface area contributed by atoms with Gasteiger partial charge < -0.3 is 14.2 Å². The number of pyridine rings is 1. The van der Waals surface area contributed by atoms with Crippen molar-refractivity contribution in [2.75, 3.05) is 26.8 Å². The minimum atomic E-state index is -0.230. The standard InChI is InChI=1S/C23H30N4O3/c1-29-16-11-23(22-25-21(30-26-22)19-7-12-24-13-8-19)9-14-27(15-10-23)20(28)17-18-5-3-2-4-6-18/h5,7-8,12-13H,2-4,6,9-11,14-17H2,1H3. The first kappa shape index (κ1) is 20.7. The second-order valence-electron chi connectivity index (χ2n) is 8.35. The molecule has 7 heteroatoms. The van der Waals surface area contributed by atoms with Gasteiger partial charge in [-0.15, -0.1) is 0 Å². The number of aromatic nitrogens is 3. The fourth-order valence-electron chi connectivity index (χ4n) is 4.49. The van der Waals surface area contributed by atoms with Gasteiger partial charge in [0.1, 0.15) is 0 Å². The first-order valence-electron chi connectivity index (χ1n) is 10.9. The lowest BCUT2D eigenvalue weighted by atomic mass is 9.75. The monoisotopic (exact) mass is 410 g/mol. The molecule has 2 aromatic rings. The summed E-state index contributed by atoms with van der Waals surface area (Å²) in [6.45, 7) is 2.06. The Hall–Kier alpha value is -2.54. The molecule has 0 saturated carbocycles. The highest BCUT2D eigenvalue weighted by Crippen LogP contribution is 2.38. The number of nitrogens with zero attached hydrogens (tertiary/aromatic N) is 4. The molecule has 1 aliphatic heterocycles. The third-order valence-electron chi connectivity index (χ3n) is 6.45. The number of hydrogen-bond acceptors (Lipinski definition) is 6. The first-order valence-corrected chi connectivity index (χ1v) is 10.9. The van der Waals surface area contributed by atoms with Crippen LogP contribution in [0, 0.1) is 0 Å². The Morgan fingerprint density at radius 2 is 2.03 bits per heavy atom. The number of piperidine rings is 1. The molecule has 2 aliphatic rings. The average Bonchev–Trinajstić information content (AvgIpc) is 3.30. The Balaban J connectivity index is 1.45. The van der Waals surface area contributed by atoms with E-state index in [1.807, 2.05) is 17.0 Å². The van der Waals surface area contributed by atoms with E-state index in [0.29, 0.717) is 24.7 Å². The lowest BCUT2D eigenvalue weighted by molar-refractivity contribution is -0.132. The van der Waals surface area contributed by atoms with Crippen LogP contribution in [0.2, 0.25) is 0 Å². The highest BCUT2D eigenvalue weighted by molar-refractivity contribution is 5.79. The van der Waals surface area contributed by atoms with Crippen molar-refractivity contribution in [3.63, 3.8) is 0 Å². The van der Waals surface area contributed by atoms with Crippen LogP contribution >= 0.6 is 0 Å². The SMILES string of the molecule is COCCC1(c2noc(-c3ccncc3)n2)CCN(C(=O)CC2=CCCCC2)CC1. The van der Waals surface area contributed by atoms with Crippen LogP contribution in [0.4, 0.5) is 0 Å². The van der Waals surface area contributed by atoms with E-state index in [9.17, 15) is 4.79 Å². The van der Waals surface area contributed by atoms with Crippen molar-refractivity contribution in [3.05, 3.63) is 42.0 Å². The van der Waals surface area contributed by atoms with Gasteiger partial charge in [0.15, 0.2) is 5.82 Å². The van der Waals surface area contributed by atoms with Crippen LogP contribution in [0.3, 0.4) is 0 Å². The van der Waals surface area contributed by atoms with Gasteiger partial charge in [0, 0.05) is 56.6 Å². The number of amides is 1. The van der Waals surface area contributed by atoms with Crippen LogP contribution in [-0.2, 0) is 14.9 Å². The molecule has 0 unspecified atom stereocenters. The van der Waals surface area contributed by atoms with Gasteiger partial charge >= 0.3 is 0 Å². The maximum Gasteiger partial charge on any atom is 0.258 e. The predicted molar refractivity (Wildman–Crippen MR) is 113 cm³/mol. The number of ether oxygens (including phenoxy) is 1. The zero-order valence-corrected chi connectivity index (χ0v) is 17.7. The third kappa shape index (κ3) is 4.61. The molecule has 0 N–H and O–H groups in total. The zero-order chi connectivity index (χ0) is 20.8. The number of hydrogen-bond donors (Lipinski definition) is 0. The number of likely N-dealkylation sites (tertiary alicyclic amines) is 1. The Kier molecular flexibility index (Phi) is 6.57. The molecule has 0 spiro atoms. The van der Waals surface area contributed by atoms with E-state index >= 15 is 0 Å². The number of allylic oxidation sites excluding steroid dienone is 1. The normalized spacial score (nSPS) is 18.8. The molecule has 0 radical (unpaired) electrons. The van der Waals surface area contributed by atoms with E-state index in [2.05, 4.69) is 16.2 Å². The van der Waals surface area contributed by atoms with E-state index in [4.69, 9.17) is 14.2 Å². The maximum atomic E-state index is 12.8. The summed E-state index contributed by atoms with van der Waals surface area (Å²) in [6.07, 6.45) is 13.3. The van der Waals surface area contributed by atoms with Crippen LogP contribution in [0.5, 0.6) is 0 Å². The molecule has 0 atom stereocenters. The van der Waals surface area contributed by atoms with Crippen molar-refractivity contribution in [1.82, 2.24) is 20.0 Å². The molecule has 1 fully saturated rings. The van der Waals surface area contributed by atoms with Crippen LogP contribution < -0.4 is 0 Å². The van der Waals surface area contributed by atoms with E-state index in [1.54, 1.807) is 19.5 Å². The van der Waals surface area contributed by atoms with Gasteiger partial charge in [-0.1, -0.05) is 16.8 Å². The topological polar surface area (TPSA) is 81.3 Å². The summed E-state index contributed by atoms with van der Waals surface area (Å²) in [4.78, 5) is 23.6. The molecular formula is C23H30N4O3. The van der Waals surface area contributed by atoms with Crippen LogP contribution in [-0.4, -0.2) is 52.7 Å². The number of carbonyl (C=O) groups is 1. The van der Waals surface area contributed by atoms with E-state index in [-0.39, 0.29) is 11.3 Å². The minimum Gasteiger partial charge on any atom is -0.385 e. The first-order chi connectivity index (χ1) is 14.7. The molecule has 3 heterocycles. The molecule has 1 amide bonds. The number of carbonyl (C=O) groups excluding carboxylic acids is 1. The Morgan fingerprint density at radius 1 is 1.23 bits per heavy atom. The number of rotatable bonds is 7. The predicted octanol–water partition coefficient (Wildman–Crippen LogP) is 3.92. The molecule has 1 aliphatic carbocycles. The summed E-state index contributed by atoms with van der Waals surface area (Å²) in [5, 5.41) is 4.33. The maximum absolute atomic E-state index is 12.8. The lowest BCUT2D eigenvalue weighted by Gasteiger charge is -2.40. The highest BCUT2D eigenvalue weighted by atomic mass is 16.5. The van der Waals surface area contributed by atoms with Crippen LogP contribution in [0.15, 0.2) is 40.7 Å². The van der Waals surface area contributed by atoms with Crippen LogP contribution in [0.1, 0.15) is 57.2 Å². The summed E-state index contributed by atoms with van der Waals surface area (Å²) in [5.74, 6) is 1.47. The molecule has 0 bridgehead atoms. The summed E-state index contributed by atoms with van der Waals surface area (Å²) in [5.41, 5.74) is 1.94. The largest absolute Gasteiger partial charge is 0.385 e. The summed E-state index contributed by atoms with van der Waals surface area (Å²) in [6, 6.07) is 3.72. The quantitative estimate of drug-likeness (QED) is 0.644. The van der Waals surface area contributed by atoms with Crippen molar-refractivity contribution >= 4 is 5.91 Å². The van der Waals surface area contributed by atoms with Gasteiger partial charge in [-0.3, -0.25) is 9.78 Å². The number of methoxy groups -OCH3 is 1. The van der Waals surface area contributed by atoms with Gasteiger partial charge in [0.2, 0.25) is 5.91 Å². The summed E-state index contributed by atoms with van der Waals surface area (Å²) >= 11 is 0. The van der Waals surface area contributed by atoms with Crippen molar-refractivity contribution in [2.45, 2.75) is 56.8 Å². The van der Waals surface area contributed by atoms with E-state index in [1.165, 1.54) is 18.4 Å². The third-order valence-corrected chi connectivity index (χ3v) is 6.45. The second-order valence-corrected chi connectivity index (χ2v) is 8.35. The average molecular weight is 411 g/mol. The minimum absolute atomic E-state index is 0.230. The van der Waals surface area contributed by atoms with Gasteiger partial charge in [-0.25, -0.2) is 0 Å². The second kappa shape index (κ2) is 9.51. The van der Waals surface area contributed by atoms with Gasteiger partial charge in [-0.2, -0.15) is 4.98 Å². The molecule has 160 valence electrons. The molecule has 0 aromatic carbocycles. The smallest absolute Gasteiger partial charge is 0.258 e. The Morgan fingerprint density at radius 3 is 2.73 bits per heavy atom. The van der Waals surface area contributed by atoms with Gasteiger partial charge in [0.05, 0.1) is 0 Å². The molecule has 4 rings (SSSR count). The molecule has 2 aromatic heterocycles. The lowest BCUT2D eigenvalue weighted by Crippen LogP contribution is -2.46. The molecule has 30 heavy (non-hydrogen) atoms. The Bertz CT molecular complexity index is 870. The fourth-order valence-corrected chi connectivity index (χ4v) is 4.49. The van der Waals surface area contributed by atoms with Crippen molar-refractivity contribution in [2.24, 2.45) is 0 Å². The van der Waals surface area contributed by atoms with E-state index in [0.717, 1.165) is 50.8 Å². The molecule has 7 nitrogen and oxygen atoms in total. The van der Waals surface area contributed by atoms with Gasteiger partial charge in [-0.05, 0) is 57.1 Å². The zero-order valence-electron chi connectivity index (χ0n) is 17.7. The van der Waals surface area contributed by atoms with Crippen molar-refractivity contribution < 1.29 is 14.1 Å².